The number of ether oxygens (including phenoxy) is 1. The van der Waals surface area contributed by atoms with Crippen LogP contribution in [0.4, 0.5) is 0 Å². The Hall–Kier alpha value is -2.73. The highest BCUT2D eigenvalue weighted by molar-refractivity contribution is 5.87. The first-order valence-electron chi connectivity index (χ1n) is 9.87. The first kappa shape index (κ1) is 18.6. The Balaban J connectivity index is 1.74. The first-order valence-corrected chi connectivity index (χ1v) is 9.87. The Morgan fingerprint density at radius 2 is 1.68 bits per heavy atom. The topological polar surface area (TPSA) is 46.5 Å². The lowest BCUT2D eigenvalue weighted by Gasteiger charge is -2.43. The molecule has 2 aliphatic rings. The molecule has 144 valence electrons. The van der Waals surface area contributed by atoms with Gasteiger partial charge in [-0.2, -0.15) is 0 Å². The van der Waals surface area contributed by atoms with E-state index in [2.05, 4.69) is 51.7 Å². The predicted octanol–water partition coefficient (Wildman–Crippen LogP) is 5.50. The Morgan fingerprint density at radius 3 is 2.29 bits per heavy atom. The van der Waals surface area contributed by atoms with Crippen molar-refractivity contribution in [3.8, 4) is 17.6 Å². The van der Waals surface area contributed by atoms with Crippen LogP contribution in [0.3, 0.4) is 0 Å². The fourth-order valence-electron chi connectivity index (χ4n) is 4.35. The molecule has 1 N–H and O–H groups in total. The monoisotopic (exact) mass is 374 g/mol. The van der Waals surface area contributed by atoms with Crippen molar-refractivity contribution in [2.45, 2.75) is 63.9 Å². The largest absolute Gasteiger partial charge is 0.487 e. The van der Waals surface area contributed by atoms with Crippen LogP contribution in [0, 0.1) is 11.8 Å². The van der Waals surface area contributed by atoms with E-state index in [0.717, 1.165) is 23.3 Å². The van der Waals surface area contributed by atoms with Crippen molar-refractivity contribution in [1.82, 2.24) is 0 Å². The van der Waals surface area contributed by atoms with Gasteiger partial charge in [-0.25, -0.2) is 4.79 Å². The van der Waals surface area contributed by atoms with Gasteiger partial charge < -0.3 is 9.84 Å². The van der Waals surface area contributed by atoms with Gasteiger partial charge in [0.2, 0.25) is 0 Å². The Labute approximate surface area is 166 Å². The average Bonchev–Trinajstić information content (AvgIpc) is 3.43. The van der Waals surface area contributed by atoms with Gasteiger partial charge in [0.15, 0.2) is 0 Å². The molecule has 3 nitrogen and oxygen atoms in total. The smallest absolute Gasteiger partial charge is 0.335 e. The molecule has 0 spiro atoms. The SMILES string of the molecule is CC1(C)CC(C)(C)c2cc(C#Cc3ccc(C(=O)O)cc3)cc(C3CC3)c2O1. The summed E-state index contributed by atoms with van der Waals surface area (Å²) in [5, 5.41) is 9.02. The zero-order valence-electron chi connectivity index (χ0n) is 16.9. The minimum atomic E-state index is -0.923. The fraction of sp³-hybridized carbons (Fsp3) is 0.400. The zero-order chi connectivity index (χ0) is 20.1. The first-order chi connectivity index (χ1) is 13.1. The Bertz CT molecular complexity index is 997. The number of carboxylic acid groups (broad SMARTS) is 1. The quantitative estimate of drug-likeness (QED) is 0.706. The van der Waals surface area contributed by atoms with Crippen LogP contribution in [-0.2, 0) is 5.41 Å². The number of fused-ring (bicyclic) bond motifs is 1. The van der Waals surface area contributed by atoms with Crippen LogP contribution in [0.2, 0.25) is 0 Å². The van der Waals surface area contributed by atoms with Gasteiger partial charge >= 0.3 is 5.97 Å². The van der Waals surface area contributed by atoms with Crippen LogP contribution in [0.5, 0.6) is 5.75 Å². The van der Waals surface area contributed by atoms with Gasteiger partial charge in [-0.3, -0.25) is 0 Å². The molecule has 2 aromatic carbocycles. The zero-order valence-corrected chi connectivity index (χ0v) is 16.9. The van der Waals surface area contributed by atoms with Crippen LogP contribution < -0.4 is 4.74 Å². The maximum absolute atomic E-state index is 11.0. The summed E-state index contributed by atoms with van der Waals surface area (Å²) < 4.78 is 6.44. The molecule has 4 rings (SSSR count). The highest BCUT2D eigenvalue weighted by Crippen LogP contribution is 2.52. The minimum absolute atomic E-state index is 0.0293. The van der Waals surface area contributed by atoms with Crippen molar-refractivity contribution < 1.29 is 14.6 Å². The third kappa shape index (κ3) is 3.64. The van der Waals surface area contributed by atoms with E-state index in [0.29, 0.717) is 5.92 Å². The molecule has 1 heterocycles. The highest BCUT2D eigenvalue weighted by atomic mass is 16.5. The van der Waals surface area contributed by atoms with Crippen molar-refractivity contribution in [3.63, 3.8) is 0 Å². The van der Waals surface area contributed by atoms with Gasteiger partial charge in [0.05, 0.1) is 5.56 Å². The number of rotatable bonds is 2. The summed E-state index contributed by atoms with van der Waals surface area (Å²) in [6, 6.07) is 11.1. The van der Waals surface area contributed by atoms with E-state index in [4.69, 9.17) is 9.84 Å². The molecule has 0 atom stereocenters. The van der Waals surface area contributed by atoms with Gasteiger partial charge in [-0.05, 0) is 86.4 Å². The molecule has 2 aromatic rings. The number of benzene rings is 2. The summed E-state index contributed by atoms with van der Waals surface area (Å²) in [4.78, 5) is 11.0. The average molecular weight is 374 g/mol. The second-order valence-electron chi connectivity index (χ2n) is 9.27. The molecule has 1 fully saturated rings. The molecule has 1 saturated carbocycles. The second-order valence-corrected chi connectivity index (χ2v) is 9.27. The van der Waals surface area contributed by atoms with E-state index in [1.54, 1.807) is 24.3 Å². The predicted molar refractivity (Wildman–Crippen MR) is 110 cm³/mol. The maximum Gasteiger partial charge on any atom is 0.335 e. The number of hydrogen-bond donors (Lipinski definition) is 1. The van der Waals surface area contributed by atoms with E-state index in [1.165, 1.54) is 24.0 Å². The molecule has 0 amide bonds. The van der Waals surface area contributed by atoms with Gasteiger partial charge in [-0.1, -0.05) is 25.7 Å². The number of carbonyl (C=O) groups is 1. The van der Waals surface area contributed by atoms with E-state index >= 15 is 0 Å². The normalized spacial score (nSPS) is 19.0. The molecule has 0 bridgehead atoms. The number of hydrogen-bond acceptors (Lipinski definition) is 2. The molecule has 0 unspecified atom stereocenters. The Kier molecular flexibility index (Phi) is 4.27. The lowest BCUT2D eigenvalue weighted by Crippen LogP contribution is -2.41. The van der Waals surface area contributed by atoms with Crippen molar-refractivity contribution in [1.29, 1.82) is 0 Å². The van der Waals surface area contributed by atoms with Crippen LogP contribution in [-0.4, -0.2) is 16.7 Å². The van der Waals surface area contributed by atoms with E-state index < -0.39 is 5.97 Å². The summed E-state index contributed by atoms with van der Waals surface area (Å²) in [5.41, 5.74) is 4.50. The standard InChI is InChI=1S/C25H26O3/c1-24(2)15-25(3,4)28-22-20(18-11-12-18)13-17(14-21(22)24)6-5-16-7-9-19(10-8-16)23(26)27/h7-10,13-14,18H,11-12,15H2,1-4H3,(H,26,27). The minimum Gasteiger partial charge on any atom is -0.487 e. The maximum atomic E-state index is 11.0. The molecule has 0 aromatic heterocycles. The summed E-state index contributed by atoms with van der Waals surface area (Å²) >= 11 is 0. The molecule has 28 heavy (non-hydrogen) atoms. The van der Waals surface area contributed by atoms with Crippen molar-refractivity contribution in [3.05, 3.63) is 64.2 Å². The third-order valence-corrected chi connectivity index (χ3v) is 5.59. The summed E-state index contributed by atoms with van der Waals surface area (Å²) in [5.74, 6) is 7.19. The van der Waals surface area contributed by atoms with Crippen LogP contribution in [0.25, 0.3) is 0 Å². The summed E-state index contributed by atoms with van der Waals surface area (Å²) in [6.07, 6.45) is 3.39. The van der Waals surface area contributed by atoms with Crippen molar-refractivity contribution in [2.24, 2.45) is 0 Å². The van der Waals surface area contributed by atoms with Crippen LogP contribution in [0.1, 0.15) is 85.5 Å². The Morgan fingerprint density at radius 1 is 1.04 bits per heavy atom. The third-order valence-electron chi connectivity index (χ3n) is 5.59. The molecule has 0 radical (unpaired) electrons. The molecule has 1 aliphatic carbocycles. The number of carboxylic acids is 1. The highest BCUT2D eigenvalue weighted by Gasteiger charge is 2.42. The van der Waals surface area contributed by atoms with Gasteiger partial charge in [0.1, 0.15) is 11.4 Å². The molecule has 0 saturated heterocycles. The second kappa shape index (κ2) is 6.41. The van der Waals surface area contributed by atoms with Crippen molar-refractivity contribution >= 4 is 5.97 Å². The van der Waals surface area contributed by atoms with E-state index in [-0.39, 0.29) is 16.6 Å². The molecular formula is C25H26O3. The fourth-order valence-corrected chi connectivity index (χ4v) is 4.35. The number of aromatic carboxylic acids is 1. The molecule has 1 aliphatic heterocycles. The van der Waals surface area contributed by atoms with Gasteiger partial charge in [-0.15, -0.1) is 0 Å². The summed E-state index contributed by atoms with van der Waals surface area (Å²) in [7, 11) is 0. The van der Waals surface area contributed by atoms with Crippen LogP contribution >= 0.6 is 0 Å². The molecule has 3 heteroatoms. The summed E-state index contributed by atoms with van der Waals surface area (Å²) in [6.45, 7) is 8.91. The lowest BCUT2D eigenvalue weighted by atomic mass is 9.72. The van der Waals surface area contributed by atoms with E-state index in [1.807, 2.05) is 0 Å². The van der Waals surface area contributed by atoms with E-state index in [9.17, 15) is 4.79 Å². The molecular weight excluding hydrogens is 348 g/mol. The van der Waals surface area contributed by atoms with Gasteiger partial charge in [0, 0.05) is 16.7 Å². The van der Waals surface area contributed by atoms with Crippen LogP contribution in [0.15, 0.2) is 36.4 Å². The van der Waals surface area contributed by atoms with Crippen molar-refractivity contribution in [2.75, 3.05) is 0 Å². The van der Waals surface area contributed by atoms with Gasteiger partial charge in [0.25, 0.3) is 0 Å². The lowest BCUT2D eigenvalue weighted by molar-refractivity contribution is 0.0521.